The maximum absolute atomic E-state index is 13.8. The quantitative estimate of drug-likeness (QED) is 0.541. The predicted octanol–water partition coefficient (Wildman–Crippen LogP) is 2.64. The van der Waals surface area contributed by atoms with Gasteiger partial charge in [-0.25, -0.2) is 4.52 Å². The van der Waals surface area contributed by atoms with Gasteiger partial charge in [0.2, 0.25) is 0 Å². The third kappa shape index (κ3) is 4.41. The van der Waals surface area contributed by atoms with Gasteiger partial charge in [-0.3, -0.25) is 4.55 Å². The molecule has 0 spiro atoms. The van der Waals surface area contributed by atoms with Crippen molar-refractivity contribution in [2.75, 3.05) is 23.7 Å². The van der Waals surface area contributed by atoms with Gasteiger partial charge in [0.1, 0.15) is 17.5 Å². The van der Waals surface area contributed by atoms with Gasteiger partial charge in [-0.05, 0) is 19.1 Å². The molecule has 1 fully saturated rings. The van der Waals surface area contributed by atoms with Crippen LogP contribution in [-0.2, 0) is 21.0 Å². The van der Waals surface area contributed by atoms with Crippen molar-refractivity contribution in [1.82, 2.24) is 9.61 Å². The minimum Gasteiger partial charge on any atom is -0.358 e. The van der Waals surface area contributed by atoms with Gasteiger partial charge in [-0.1, -0.05) is 0 Å². The van der Waals surface area contributed by atoms with E-state index in [-0.39, 0.29) is 18.1 Å². The van der Waals surface area contributed by atoms with Crippen LogP contribution in [0, 0.1) is 11.3 Å². The van der Waals surface area contributed by atoms with E-state index in [4.69, 9.17) is 14.6 Å². The molecule has 2 aromatic heterocycles. The number of rotatable bonds is 3. The van der Waals surface area contributed by atoms with Crippen LogP contribution in [0.5, 0.6) is 0 Å². The SMILES string of the molecule is C[C@@H]1CN(c2cc3c(C(F)(F)F)ccc(C#N)n3n2)C[C@](CS(=O)(=O)O)(C(F)(F)F)O1. The fourth-order valence-electron chi connectivity index (χ4n) is 3.47. The minimum absolute atomic E-state index is 0.267. The third-order valence-corrected chi connectivity index (χ3v) is 5.47. The van der Waals surface area contributed by atoms with E-state index in [9.17, 15) is 34.8 Å². The van der Waals surface area contributed by atoms with E-state index in [1.807, 2.05) is 0 Å². The van der Waals surface area contributed by atoms with Crippen LogP contribution in [-0.4, -0.2) is 59.3 Å². The molecule has 1 aliphatic heterocycles. The Morgan fingerprint density at radius 2 is 1.97 bits per heavy atom. The molecule has 0 aromatic carbocycles. The van der Waals surface area contributed by atoms with Crippen LogP contribution in [0.2, 0.25) is 0 Å². The molecule has 1 N–H and O–H groups in total. The highest BCUT2D eigenvalue weighted by Gasteiger charge is 2.61. The Hall–Kier alpha value is -2.57. The zero-order valence-corrected chi connectivity index (χ0v) is 16.4. The lowest BCUT2D eigenvalue weighted by Gasteiger charge is -2.45. The predicted molar refractivity (Wildman–Crippen MR) is 92.9 cm³/mol. The van der Waals surface area contributed by atoms with E-state index >= 15 is 0 Å². The summed E-state index contributed by atoms with van der Waals surface area (Å²) in [5.74, 6) is -2.16. The first-order chi connectivity index (χ1) is 14.1. The van der Waals surface area contributed by atoms with E-state index in [0.717, 1.165) is 17.0 Å². The molecule has 15 heteroatoms. The Kier molecular flexibility index (Phi) is 5.40. The number of halogens is 6. The first-order valence-corrected chi connectivity index (χ1v) is 10.1. The lowest BCUT2D eigenvalue weighted by atomic mass is 10.0. The second-order valence-corrected chi connectivity index (χ2v) is 8.52. The van der Waals surface area contributed by atoms with Crippen LogP contribution in [0.25, 0.3) is 5.52 Å². The van der Waals surface area contributed by atoms with Gasteiger partial charge in [-0.2, -0.15) is 40.0 Å². The number of fused-ring (bicyclic) bond motifs is 1. The molecule has 0 unspecified atom stereocenters. The second kappa shape index (κ2) is 7.24. The van der Waals surface area contributed by atoms with Crippen molar-refractivity contribution in [3.63, 3.8) is 0 Å². The monoisotopic (exact) mass is 472 g/mol. The molecule has 0 bridgehead atoms. The molecule has 8 nitrogen and oxygen atoms in total. The molecule has 0 saturated carbocycles. The van der Waals surface area contributed by atoms with Gasteiger partial charge in [0.25, 0.3) is 10.1 Å². The summed E-state index contributed by atoms with van der Waals surface area (Å²) in [5.41, 5.74) is -5.37. The topological polar surface area (TPSA) is 108 Å². The van der Waals surface area contributed by atoms with Crippen molar-refractivity contribution < 1.29 is 44.0 Å². The zero-order valence-electron chi connectivity index (χ0n) is 15.6. The van der Waals surface area contributed by atoms with Gasteiger partial charge < -0.3 is 9.64 Å². The highest BCUT2D eigenvalue weighted by Crippen LogP contribution is 2.41. The van der Waals surface area contributed by atoms with Crippen molar-refractivity contribution in [3.8, 4) is 6.07 Å². The summed E-state index contributed by atoms with van der Waals surface area (Å²) in [7, 11) is -5.14. The minimum atomic E-state index is -5.25. The van der Waals surface area contributed by atoms with Crippen molar-refractivity contribution in [2.45, 2.75) is 31.0 Å². The summed E-state index contributed by atoms with van der Waals surface area (Å²) >= 11 is 0. The first kappa shape index (κ1) is 23.1. The summed E-state index contributed by atoms with van der Waals surface area (Å²) < 4.78 is 118. The maximum atomic E-state index is 13.8. The van der Waals surface area contributed by atoms with E-state index in [0.29, 0.717) is 10.6 Å². The van der Waals surface area contributed by atoms with Crippen molar-refractivity contribution in [2.24, 2.45) is 0 Å². The van der Waals surface area contributed by atoms with Crippen LogP contribution in [0.3, 0.4) is 0 Å². The van der Waals surface area contributed by atoms with Crippen LogP contribution in [0.1, 0.15) is 18.2 Å². The maximum Gasteiger partial charge on any atom is 0.420 e. The number of nitriles is 1. The van der Waals surface area contributed by atoms with E-state index < -0.39 is 57.6 Å². The average molecular weight is 472 g/mol. The molecule has 3 rings (SSSR count). The molecule has 1 aliphatic rings. The number of anilines is 1. The largest absolute Gasteiger partial charge is 0.420 e. The normalized spacial score (nSPS) is 23.2. The van der Waals surface area contributed by atoms with Gasteiger partial charge in [0, 0.05) is 12.6 Å². The molecule has 0 aliphatic carbocycles. The molecule has 2 aromatic rings. The number of alkyl halides is 6. The number of morpholine rings is 1. The summed E-state index contributed by atoms with van der Waals surface area (Å²) in [4.78, 5) is 0.904. The average Bonchev–Trinajstić information content (AvgIpc) is 3.02. The standard InChI is InChI=1S/C16H14F6N4O4S/c1-9-6-25(7-14(30-9,16(20,21)22)8-31(27,28)29)13-4-12-11(15(17,18)19)3-2-10(5-23)26(12)24-13/h2-4,9H,6-8H2,1H3,(H,27,28,29)/t9-,14+/m1/s1. The number of ether oxygens (including phenoxy) is 1. The number of nitrogens with zero attached hydrogens (tertiary/aromatic N) is 4. The smallest absolute Gasteiger partial charge is 0.358 e. The Morgan fingerprint density at radius 3 is 2.48 bits per heavy atom. The number of aromatic nitrogens is 2. The Morgan fingerprint density at radius 1 is 1.32 bits per heavy atom. The summed E-state index contributed by atoms with van der Waals surface area (Å²) in [6.07, 6.45) is -11.3. The molecule has 1 saturated heterocycles. The number of hydrogen-bond acceptors (Lipinski definition) is 6. The molecule has 2 atom stereocenters. The van der Waals surface area contributed by atoms with Gasteiger partial charge in [0.05, 0.1) is 23.7 Å². The summed E-state index contributed by atoms with van der Waals surface area (Å²) in [5, 5.41) is 13.0. The molecule has 31 heavy (non-hydrogen) atoms. The van der Waals surface area contributed by atoms with Gasteiger partial charge >= 0.3 is 12.4 Å². The molecular formula is C16H14F6N4O4S. The second-order valence-electron chi connectivity index (χ2n) is 7.07. The van der Waals surface area contributed by atoms with Crippen LogP contribution in [0.15, 0.2) is 18.2 Å². The molecule has 0 amide bonds. The highest BCUT2D eigenvalue weighted by atomic mass is 32.2. The lowest BCUT2D eigenvalue weighted by molar-refractivity contribution is -0.283. The van der Waals surface area contributed by atoms with Gasteiger partial charge in [-0.15, -0.1) is 5.10 Å². The summed E-state index contributed by atoms with van der Waals surface area (Å²) in [6, 6.07) is 4.02. The zero-order chi connectivity index (χ0) is 23.4. The third-order valence-electron chi connectivity index (χ3n) is 4.64. The van der Waals surface area contributed by atoms with Crippen molar-refractivity contribution >= 4 is 21.5 Å². The first-order valence-electron chi connectivity index (χ1n) is 8.51. The van der Waals surface area contributed by atoms with Crippen LogP contribution < -0.4 is 4.90 Å². The van der Waals surface area contributed by atoms with Crippen LogP contribution in [0.4, 0.5) is 32.2 Å². The van der Waals surface area contributed by atoms with Gasteiger partial charge in [0.15, 0.2) is 11.4 Å². The Bertz CT molecular complexity index is 1150. The molecular weight excluding hydrogens is 458 g/mol. The molecule has 170 valence electrons. The molecule has 0 radical (unpaired) electrons. The highest BCUT2D eigenvalue weighted by molar-refractivity contribution is 7.85. The van der Waals surface area contributed by atoms with E-state index in [1.165, 1.54) is 6.92 Å². The fourth-order valence-corrected chi connectivity index (χ4v) is 4.38. The molecule has 3 heterocycles. The fraction of sp³-hybridized carbons (Fsp3) is 0.500. The Labute approximate surface area is 171 Å². The van der Waals surface area contributed by atoms with Crippen molar-refractivity contribution in [3.05, 3.63) is 29.5 Å². The summed E-state index contributed by atoms with van der Waals surface area (Å²) in [6.45, 7) is -0.224. The number of hydrogen-bond donors (Lipinski definition) is 1. The number of pyridine rings is 1. The van der Waals surface area contributed by atoms with E-state index in [2.05, 4.69) is 5.10 Å². The van der Waals surface area contributed by atoms with E-state index in [1.54, 1.807) is 6.07 Å². The Balaban J connectivity index is 2.15. The lowest BCUT2D eigenvalue weighted by Crippen LogP contribution is -2.65. The van der Waals surface area contributed by atoms with Crippen molar-refractivity contribution in [1.29, 1.82) is 5.26 Å². The van der Waals surface area contributed by atoms with Crippen LogP contribution >= 0.6 is 0 Å².